The molecule has 4 nitrogen and oxygen atoms in total. The number of methoxy groups -OCH3 is 1. The van der Waals surface area contributed by atoms with E-state index in [1.54, 1.807) is 7.11 Å². The third kappa shape index (κ3) is 4.34. The first kappa shape index (κ1) is 17.1. The molecule has 1 aliphatic heterocycles. The Kier molecular flexibility index (Phi) is 5.66. The molecule has 1 N–H and O–H groups in total. The minimum absolute atomic E-state index is 0.0427. The lowest BCUT2D eigenvalue weighted by atomic mass is 10.2. The van der Waals surface area contributed by atoms with Crippen LogP contribution in [0.4, 0.5) is 13.2 Å². The van der Waals surface area contributed by atoms with Gasteiger partial charge in [-0.05, 0) is 30.7 Å². The molecule has 0 saturated carbocycles. The van der Waals surface area contributed by atoms with Gasteiger partial charge in [-0.25, -0.2) is 0 Å². The monoisotopic (exact) mass is 319 g/mol. The van der Waals surface area contributed by atoms with E-state index in [1.165, 1.54) is 12.1 Å². The fourth-order valence-corrected chi connectivity index (χ4v) is 2.59. The van der Waals surface area contributed by atoms with Crippen molar-refractivity contribution in [3.8, 4) is 5.75 Å². The van der Waals surface area contributed by atoms with Crippen LogP contribution in [0.5, 0.6) is 5.75 Å². The summed E-state index contributed by atoms with van der Waals surface area (Å²) in [6, 6.07) is 4.68. The highest BCUT2D eigenvalue weighted by atomic mass is 19.4. The lowest BCUT2D eigenvalue weighted by Gasteiger charge is -2.22. The molecule has 0 radical (unpaired) electrons. The molecule has 1 aliphatic rings. The Labute approximate surface area is 127 Å². The summed E-state index contributed by atoms with van der Waals surface area (Å²) in [7, 11) is 1.64. The zero-order chi connectivity index (χ0) is 16.2. The molecule has 1 aromatic carbocycles. The highest BCUT2D eigenvalue weighted by Gasteiger charge is 2.31. The number of benzene rings is 1. The SMILES string of the molecule is CO[C@@H]1C[C@@H](CO)N(CCOc2ccc(C(F)(F)F)cc2)C1. The maximum atomic E-state index is 12.4. The Bertz CT molecular complexity index is 464. The summed E-state index contributed by atoms with van der Waals surface area (Å²) in [5.74, 6) is 0.399. The molecule has 0 aromatic heterocycles. The van der Waals surface area contributed by atoms with Crippen LogP contribution in [0, 0.1) is 0 Å². The summed E-state index contributed by atoms with van der Waals surface area (Å²) in [5, 5.41) is 9.33. The molecule has 0 amide bonds. The minimum Gasteiger partial charge on any atom is -0.492 e. The zero-order valence-electron chi connectivity index (χ0n) is 12.3. The molecule has 124 valence electrons. The third-order valence-corrected chi connectivity index (χ3v) is 3.86. The summed E-state index contributed by atoms with van der Waals surface area (Å²) >= 11 is 0. The van der Waals surface area contributed by atoms with Gasteiger partial charge in [0.15, 0.2) is 0 Å². The van der Waals surface area contributed by atoms with E-state index >= 15 is 0 Å². The van der Waals surface area contributed by atoms with Crippen LogP contribution in [-0.2, 0) is 10.9 Å². The van der Waals surface area contributed by atoms with Gasteiger partial charge < -0.3 is 14.6 Å². The van der Waals surface area contributed by atoms with Crippen molar-refractivity contribution in [3.63, 3.8) is 0 Å². The zero-order valence-corrected chi connectivity index (χ0v) is 12.3. The summed E-state index contributed by atoms with van der Waals surface area (Å²) in [4.78, 5) is 2.07. The van der Waals surface area contributed by atoms with Crippen LogP contribution in [0.2, 0.25) is 0 Å². The summed E-state index contributed by atoms with van der Waals surface area (Å²) in [6.45, 7) is 1.71. The number of rotatable bonds is 6. The Morgan fingerprint density at radius 1 is 1.27 bits per heavy atom. The predicted molar refractivity (Wildman–Crippen MR) is 74.8 cm³/mol. The van der Waals surface area contributed by atoms with Gasteiger partial charge in [0, 0.05) is 26.2 Å². The fraction of sp³-hybridized carbons (Fsp3) is 0.600. The van der Waals surface area contributed by atoms with Gasteiger partial charge in [0.05, 0.1) is 18.3 Å². The second-order valence-electron chi connectivity index (χ2n) is 5.30. The number of alkyl halides is 3. The molecule has 2 rings (SSSR count). The highest BCUT2D eigenvalue weighted by Crippen LogP contribution is 2.30. The lowest BCUT2D eigenvalue weighted by Crippen LogP contribution is -2.35. The first-order chi connectivity index (χ1) is 10.4. The van der Waals surface area contributed by atoms with Gasteiger partial charge in [-0.15, -0.1) is 0 Å². The number of likely N-dealkylation sites (tertiary alicyclic amines) is 1. The fourth-order valence-electron chi connectivity index (χ4n) is 2.59. The molecule has 0 bridgehead atoms. The molecular weight excluding hydrogens is 299 g/mol. The number of aliphatic hydroxyl groups is 1. The lowest BCUT2D eigenvalue weighted by molar-refractivity contribution is -0.137. The number of halogens is 3. The normalized spacial score (nSPS) is 23.0. The topological polar surface area (TPSA) is 41.9 Å². The van der Waals surface area contributed by atoms with Gasteiger partial charge in [0.2, 0.25) is 0 Å². The second-order valence-corrected chi connectivity index (χ2v) is 5.30. The molecule has 2 atom stereocenters. The maximum Gasteiger partial charge on any atom is 0.416 e. The van der Waals surface area contributed by atoms with Gasteiger partial charge in [0.1, 0.15) is 12.4 Å². The van der Waals surface area contributed by atoms with E-state index in [9.17, 15) is 18.3 Å². The first-order valence-corrected chi connectivity index (χ1v) is 7.11. The Balaban J connectivity index is 1.81. The van der Waals surface area contributed by atoms with Gasteiger partial charge in [-0.3, -0.25) is 4.90 Å². The minimum atomic E-state index is -4.34. The van der Waals surface area contributed by atoms with Gasteiger partial charge in [-0.1, -0.05) is 0 Å². The van der Waals surface area contributed by atoms with Crippen molar-refractivity contribution in [3.05, 3.63) is 29.8 Å². The number of hydrogen-bond donors (Lipinski definition) is 1. The van der Waals surface area contributed by atoms with Crippen LogP contribution in [0.25, 0.3) is 0 Å². The van der Waals surface area contributed by atoms with E-state index in [0.29, 0.717) is 18.9 Å². The maximum absolute atomic E-state index is 12.4. The highest BCUT2D eigenvalue weighted by molar-refractivity contribution is 5.28. The number of hydrogen-bond acceptors (Lipinski definition) is 4. The van der Waals surface area contributed by atoms with Gasteiger partial charge >= 0.3 is 6.18 Å². The number of nitrogens with zero attached hydrogens (tertiary/aromatic N) is 1. The smallest absolute Gasteiger partial charge is 0.416 e. The van der Waals surface area contributed by atoms with Gasteiger partial charge in [-0.2, -0.15) is 13.2 Å². The van der Waals surface area contributed by atoms with Crippen LogP contribution in [-0.4, -0.2) is 55.6 Å². The average molecular weight is 319 g/mol. The van der Waals surface area contributed by atoms with E-state index in [4.69, 9.17) is 9.47 Å². The molecule has 1 heterocycles. The van der Waals surface area contributed by atoms with Crippen molar-refractivity contribution in [2.45, 2.75) is 24.7 Å². The van der Waals surface area contributed by atoms with Crippen LogP contribution in [0.15, 0.2) is 24.3 Å². The first-order valence-electron chi connectivity index (χ1n) is 7.11. The van der Waals surface area contributed by atoms with Crippen molar-refractivity contribution in [1.82, 2.24) is 4.90 Å². The van der Waals surface area contributed by atoms with Crippen LogP contribution in [0.3, 0.4) is 0 Å². The number of ether oxygens (including phenoxy) is 2. The largest absolute Gasteiger partial charge is 0.492 e. The predicted octanol–water partition coefficient (Wildman–Crippen LogP) is 2.17. The number of aliphatic hydroxyl groups excluding tert-OH is 1. The van der Waals surface area contributed by atoms with Gasteiger partial charge in [0.25, 0.3) is 0 Å². The van der Waals surface area contributed by atoms with Crippen molar-refractivity contribution in [2.24, 2.45) is 0 Å². The van der Waals surface area contributed by atoms with Crippen LogP contribution < -0.4 is 4.74 Å². The molecule has 1 fully saturated rings. The second kappa shape index (κ2) is 7.30. The van der Waals surface area contributed by atoms with E-state index in [2.05, 4.69) is 4.90 Å². The van der Waals surface area contributed by atoms with Crippen molar-refractivity contribution in [1.29, 1.82) is 0 Å². The van der Waals surface area contributed by atoms with E-state index in [-0.39, 0.29) is 18.8 Å². The molecule has 7 heteroatoms. The van der Waals surface area contributed by atoms with E-state index < -0.39 is 11.7 Å². The molecular formula is C15H20F3NO3. The van der Waals surface area contributed by atoms with Crippen LogP contribution >= 0.6 is 0 Å². The standard InChI is InChI=1S/C15H20F3NO3/c1-21-14-8-12(10-20)19(9-14)6-7-22-13-4-2-11(3-5-13)15(16,17)18/h2-5,12,14,20H,6-10H2,1H3/t12-,14+/m0/s1. The third-order valence-electron chi connectivity index (χ3n) is 3.86. The molecule has 0 spiro atoms. The average Bonchev–Trinajstić information content (AvgIpc) is 2.89. The van der Waals surface area contributed by atoms with Crippen molar-refractivity contribution < 1.29 is 27.8 Å². The molecule has 0 unspecified atom stereocenters. The van der Waals surface area contributed by atoms with E-state index in [0.717, 1.165) is 25.1 Å². The molecule has 0 aliphatic carbocycles. The molecule has 1 aromatic rings. The summed E-state index contributed by atoms with van der Waals surface area (Å²) in [6.07, 6.45) is -3.46. The van der Waals surface area contributed by atoms with Crippen molar-refractivity contribution >= 4 is 0 Å². The molecule has 1 saturated heterocycles. The Hall–Kier alpha value is -1.31. The van der Waals surface area contributed by atoms with E-state index in [1.807, 2.05) is 0 Å². The molecule has 22 heavy (non-hydrogen) atoms. The summed E-state index contributed by atoms with van der Waals surface area (Å²) in [5.41, 5.74) is -0.692. The van der Waals surface area contributed by atoms with Crippen LogP contribution in [0.1, 0.15) is 12.0 Å². The van der Waals surface area contributed by atoms with Crippen molar-refractivity contribution in [2.75, 3.05) is 33.4 Å². The Morgan fingerprint density at radius 2 is 1.95 bits per heavy atom. The quantitative estimate of drug-likeness (QED) is 0.872. The Morgan fingerprint density at radius 3 is 2.50 bits per heavy atom. The summed E-state index contributed by atoms with van der Waals surface area (Å²) < 4.78 is 48.1.